The lowest BCUT2D eigenvalue weighted by atomic mass is 10.0. The van der Waals surface area contributed by atoms with Gasteiger partial charge in [-0.3, -0.25) is 4.79 Å². The normalized spacial score (nSPS) is 21.1. The highest BCUT2D eigenvalue weighted by Gasteiger charge is 2.63. The second kappa shape index (κ2) is 8.70. The number of Topliss-reactive ketones (excluding diaryl/α,β-unsaturated/α-hetero) is 1. The van der Waals surface area contributed by atoms with E-state index in [2.05, 4.69) is 0 Å². The van der Waals surface area contributed by atoms with Crippen LogP contribution >= 0.6 is 23.5 Å². The van der Waals surface area contributed by atoms with Gasteiger partial charge in [-0.05, 0) is 30.8 Å². The summed E-state index contributed by atoms with van der Waals surface area (Å²) in [6.07, 6.45) is 2.51. The number of ether oxygens (including phenoxy) is 2. The smallest absolute Gasteiger partial charge is 0.377 e. The van der Waals surface area contributed by atoms with Gasteiger partial charge in [-0.1, -0.05) is 11.8 Å². The summed E-state index contributed by atoms with van der Waals surface area (Å²) in [5, 5.41) is 23.0. The molecule has 2 aromatic rings. The Hall–Kier alpha value is -2.79. The quantitative estimate of drug-likeness (QED) is 0.202. The monoisotopic (exact) mass is 436 g/mol. The summed E-state index contributed by atoms with van der Waals surface area (Å²) in [6.45, 7) is 1.57. The SMILES string of the molecule is CCOC(=O)C1(CSc2cccc[n+]2[O-])OC(=O)C(=O)C1Sc1cccc[n+]1[O-]. The fraction of sp³-hybridized carbons (Fsp3) is 0.278. The predicted molar refractivity (Wildman–Crippen MR) is 102 cm³/mol. The first kappa shape index (κ1) is 20.9. The molecule has 3 heterocycles. The lowest BCUT2D eigenvalue weighted by Crippen LogP contribution is -2.51. The lowest BCUT2D eigenvalue weighted by molar-refractivity contribution is -0.645. The van der Waals surface area contributed by atoms with Crippen LogP contribution in [-0.2, 0) is 23.9 Å². The summed E-state index contributed by atoms with van der Waals surface area (Å²) in [5.41, 5.74) is -1.98. The number of thioether (sulfide) groups is 2. The predicted octanol–water partition coefficient (Wildman–Crippen LogP) is 0.634. The van der Waals surface area contributed by atoms with Gasteiger partial charge in [0.2, 0.25) is 5.60 Å². The zero-order valence-electron chi connectivity index (χ0n) is 15.2. The highest BCUT2D eigenvalue weighted by molar-refractivity contribution is 8.01. The first-order chi connectivity index (χ1) is 13.9. The van der Waals surface area contributed by atoms with E-state index in [0.717, 1.165) is 23.5 Å². The number of cyclic esters (lactones) is 1. The van der Waals surface area contributed by atoms with E-state index in [1.807, 2.05) is 0 Å². The average Bonchev–Trinajstić information content (AvgIpc) is 2.94. The molecule has 9 nitrogen and oxygen atoms in total. The number of carbonyl (C=O) groups is 3. The van der Waals surface area contributed by atoms with Crippen molar-refractivity contribution in [3.05, 3.63) is 59.2 Å². The Balaban J connectivity index is 1.98. The van der Waals surface area contributed by atoms with Gasteiger partial charge < -0.3 is 19.9 Å². The topological polar surface area (TPSA) is 124 Å². The van der Waals surface area contributed by atoms with Crippen LogP contribution in [0.4, 0.5) is 0 Å². The average molecular weight is 436 g/mol. The molecule has 2 unspecified atom stereocenters. The molecule has 1 aliphatic heterocycles. The van der Waals surface area contributed by atoms with Crippen LogP contribution in [0.5, 0.6) is 0 Å². The third-order valence-electron chi connectivity index (χ3n) is 4.01. The van der Waals surface area contributed by atoms with Crippen LogP contribution in [0.15, 0.2) is 58.8 Å². The van der Waals surface area contributed by atoms with E-state index in [1.165, 1.54) is 30.6 Å². The van der Waals surface area contributed by atoms with Gasteiger partial charge in [-0.25, -0.2) is 9.59 Å². The Morgan fingerprint density at radius 1 is 1.14 bits per heavy atom. The zero-order valence-corrected chi connectivity index (χ0v) is 16.8. The minimum atomic E-state index is -1.98. The fourth-order valence-corrected chi connectivity index (χ4v) is 4.99. The summed E-state index contributed by atoms with van der Waals surface area (Å²) in [7, 11) is 0. The minimum Gasteiger partial charge on any atom is -0.618 e. The number of ketones is 1. The van der Waals surface area contributed by atoms with Crippen LogP contribution in [0.25, 0.3) is 0 Å². The standard InChI is InChI=1S/C18H16N2O7S2/c1-2-26-17(23)18(11-28-12-7-3-5-9-19(12)24)15(14(21)16(22)27-18)29-13-8-4-6-10-20(13)25/h3-10,15H,2,11H2,1H3. The van der Waals surface area contributed by atoms with Crippen molar-refractivity contribution in [1.82, 2.24) is 0 Å². The lowest BCUT2D eigenvalue weighted by Gasteiger charge is -2.28. The van der Waals surface area contributed by atoms with E-state index in [1.54, 1.807) is 25.1 Å². The molecule has 152 valence electrons. The Morgan fingerprint density at radius 2 is 1.76 bits per heavy atom. The van der Waals surface area contributed by atoms with E-state index >= 15 is 0 Å². The second-order valence-electron chi connectivity index (χ2n) is 5.88. The van der Waals surface area contributed by atoms with Crippen molar-refractivity contribution < 1.29 is 33.3 Å². The number of hydrogen-bond donors (Lipinski definition) is 0. The van der Waals surface area contributed by atoms with Crippen LogP contribution in [0.3, 0.4) is 0 Å². The number of esters is 2. The molecule has 0 aliphatic carbocycles. The maximum absolute atomic E-state index is 12.8. The maximum atomic E-state index is 12.8. The van der Waals surface area contributed by atoms with Gasteiger partial charge in [-0.2, -0.15) is 9.46 Å². The van der Waals surface area contributed by atoms with Crippen molar-refractivity contribution >= 4 is 41.2 Å². The van der Waals surface area contributed by atoms with E-state index < -0.39 is 28.6 Å². The molecule has 0 N–H and O–H groups in total. The molecular formula is C18H16N2O7S2. The molecule has 2 aromatic heterocycles. The van der Waals surface area contributed by atoms with Gasteiger partial charge in [-0.15, -0.1) is 0 Å². The Morgan fingerprint density at radius 3 is 2.34 bits per heavy atom. The van der Waals surface area contributed by atoms with Gasteiger partial charge >= 0.3 is 11.9 Å². The molecule has 1 saturated heterocycles. The molecule has 29 heavy (non-hydrogen) atoms. The summed E-state index contributed by atoms with van der Waals surface area (Å²) in [6, 6.07) is 9.25. The summed E-state index contributed by atoms with van der Waals surface area (Å²) >= 11 is 1.69. The van der Waals surface area contributed by atoms with Crippen molar-refractivity contribution in [2.75, 3.05) is 12.4 Å². The minimum absolute atomic E-state index is 0.00579. The van der Waals surface area contributed by atoms with Crippen LogP contribution in [-0.4, -0.2) is 40.9 Å². The number of hydrogen-bond acceptors (Lipinski definition) is 9. The van der Waals surface area contributed by atoms with Gasteiger partial charge in [0, 0.05) is 24.3 Å². The molecule has 0 bridgehead atoms. The molecule has 0 saturated carbocycles. The third-order valence-corrected chi connectivity index (χ3v) is 6.58. The van der Waals surface area contributed by atoms with Crippen molar-refractivity contribution in [2.45, 2.75) is 27.8 Å². The largest absolute Gasteiger partial charge is 0.618 e. The Bertz CT molecular complexity index is 955. The van der Waals surface area contributed by atoms with Crippen molar-refractivity contribution in [3.8, 4) is 0 Å². The van der Waals surface area contributed by atoms with Gasteiger partial charge in [0.25, 0.3) is 15.8 Å². The van der Waals surface area contributed by atoms with E-state index in [0.29, 0.717) is 9.46 Å². The Labute approximate surface area is 174 Å². The maximum Gasteiger partial charge on any atom is 0.377 e. The molecule has 0 spiro atoms. The van der Waals surface area contributed by atoms with Crippen LogP contribution in [0, 0.1) is 10.4 Å². The summed E-state index contributed by atoms with van der Waals surface area (Å²) in [4.78, 5) is 37.4. The molecule has 0 aromatic carbocycles. The third kappa shape index (κ3) is 4.15. The summed E-state index contributed by atoms with van der Waals surface area (Å²) in [5.74, 6) is -3.28. The van der Waals surface area contributed by atoms with Crippen LogP contribution in [0.1, 0.15) is 6.92 Å². The van der Waals surface area contributed by atoms with Gasteiger partial charge in [0.05, 0.1) is 12.4 Å². The van der Waals surface area contributed by atoms with Gasteiger partial charge in [0.15, 0.2) is 12.4 Å². The fourth-order valence-electron chi connectivity index (χ4n) is 2.63. The van der Waals surface area contributed by atoms with Gasteiger partial charge in [0.1, 0.15) is 5.25 Å². The molecule has 2 atom stereocenters. The molecule has 3 rings (SSSR count). The van der Waals surface area contributed by atoms with E-state index in [9.17, 15) is 24.8 Å². The van der Waals surface area contributed by atoms with Crippen LogP contribution in [0.2, 0.25) is 0 Å². The van der Waals surface area contributed by atoms with Crippen molar-refractivity contribution in [2.24, 2.45) is 0 Å². The first-order valence-corrected chi connectivity index (χ1v) is 10.4. The molecule has 0 radical (unpaired) electrons. The number of pyridine rings is 2. The zero-order chi connectivity index (χ0) is 21.0. The highest BCUT2D eigenvalue weighted by atomic mass is 32.2. The molecule has 11 heteroatoms. The van der Waals surface area contributed by atoms with E-state index in [-0.39, 0.29) is 22.4 Å². The number of rotatable bonds is 7. The van der Waals surface area contributed by atoms with Crippen LogP contribution < -0.4 is 9.46 Å². The van der Waals surface area contributed by atoms with Crippen molar-refractivity contribution in [1.29, 1.82) is 0 Å². The molecule has 1 aliphatic rings. The molecular weight excluding hydrogens is 420 g/mol. The van der Waals surface area contributed by atoms with E-state index in [4.69, 9.17) is 9.47 Å². The number of nitrogens with zero attached hydrogens (tertiary/aromatic N) is 2. The first-order valence-electron chi connectivity index (χ1n) is 8.49. The summed E-state index contributed by atoms with van der Waals surface area (Å²) < 4.78 is 11.4. The molecule has 0 amide bonds. The Kier molecular flexibility index (Phi) is 6.28. The number of carbonyl (C=O) groups excluding carboxylic acids is 3. The highest BCUT2D eigenvalue weighted by Crippen LogP contribution is 2.41. The molecule has 1 fully saturated rings. The second-order valence-corrected chi connectivity index (χ2v) is 8.00. The number of aromatic nitrogens is 2. The van der Waals surface area contributed by atoms with Crippen molar-refractivity contribution in [3.63, 3.8) is 0 Å².